The van der Waals surface area contributed by atoms with Crippen molar-refractivity contribution in [2.45, 2.75) is 32.1 Å². The molecule has 0 aromatic heterocycles. The lowest BCUT2D eigenvalue weighted by Crippen LogP contribution is -3.00. The van der Waals surface area contributed by atoms with Gasteiger partial charge in [0.05, 0.1) is 85.8 Å². The van der Waals surface area contributed by atoms with Gasteiger partial charge in [0, 0.05) is 19.3 Å². The summed E-state index contributed by atoms with van der Waals surface area (Å²) >= 11 is 0. The topological polar surface area (TPSA) is 462 Å². The number of nitrogens with two attached hydrogens (primary N) is 4. The number of halogens is 5. The fraction of sp³-hybridized carbons (Fsp3) is 1.00. The summed E-state index contributed by atoms with van der Waals surface area (Å²) in [7, 11) is -18.8. The van der Waals surface area contributed by atoms with E-state index in [1.54, 1.807) is 0 Å². The summed E-state index contributed by atoms with van der Waals surface area (Å²) in [6, 6.07) is 0. The fourth-order valence-corrected chi connectivity index (χ4v) is 2.54. The largest absolute Gasteiger partial charge is 1.00 e. The minimum Gasteiger partial charge on any atom is -1.00 e. The van der Waals surface area contributed by atoms with Crippen molar-refractivity contribution < 1.29 is 132 Å². The van der Waals surface area contributed by atoms with Gasteiger partial charge in [-0.05, 0) is 39.0 Å². The van der Waals surface area contributed by atoms with E-state index in [9.17, 15) is 0 Å². The molecule has 0 heterocycles. The van der Waals surface area contributed by atoms with Crippen LogP contribution in [0.4, 0.5) is 0 Å². The average molecular weight is 698 g/mol. The van der Waals surface area contributed by atoms with Gasteiger partial charge in [-0.25, -0.2) is 0 Å². The third kappa shape index (κ3) is 111. The van der Waals surface area contributed by atoms with E-state index in [-0.39, 0.29) is 12.4 Å². The zero-order chi connectivity index (χ0) is 31.7. The molecule has 0 unspecified atom stereocenters. The van der Waals surface area contributed by atoms with Crippen LogP contribution in [0, 0.1) is 41.0 Å². The van der Waals surface area contributed by atoms with Crippen molar-refractivity contribution in [2.75, 3.05) is 52.4 Å². The summed E-state index contributed by atoms with van der Waals surface area (Å²) in [4.78, 5) is 0. The quantitative estimate of drug-likeness (QED) is 0.0654. The van der Waals surface area contributed by atoms with Crippen LogP contribution in [-0.2, 0) is 0 Å². The molecule has 0 atom stereocenters. The lowest BCUT2D eigenvalue weighted by molar-refractivity contribution is -1.92. The van der Waals surface area contributed by atoms with Crippen LogP contribution in [0.2, 0.25) is 0 Å². The van der Waals surface area contributed by atoms with E-state index in [0.717, 1.165) is 76.0 Å². The molecule has 0 aliphatic heterocycles. The van der Waals surface area contributed by atoms with Crippen molar-refractivity contribution in [1.29, 1.82) is 0 Å². The van der Waals surface area contributed by atoms with E-state index in [1.807, 2.05) is 0 Å². The van der Waals surface area contributed by atoms with Gasteiger partial charge < -0.3 is 39.8 Å². The second kappa shape index (κ2) is 28.7. The van der Waals surface area contributed by atoms with Crippen LogP contribution in [0.15, 0.2) is 0 Å². The van der Waals surface area contributed by atoms with Crippen LogP contribution in [0.25, 0.3) is 0 Å². The molecule has 0 aromatic rings. The molecule has 0 aliphatic rings. The minimum atomic E-state index is -4.69. The average Bonchev–Trinajstić information content (AvgIpc) is 2.64. The number of nitrogens with zero attached hydrogens (tertiary/aromatic N) is 1. The summed E-state index contributed by atoms with van der Waals surface area (Å²) in [5.74, 6) is 0. The zero-order valence-corrected chi connectivity index (χ0v) is 24.3. The van der Waals surface area contributed by atoms with Crippen molar-refractivity contribution in [1.82, 2.24) is 0 Å². The summed E-state index contributed by atoms with van der Waals surface area (Å²) in [6.45, 7) is 7.73. The Hall–Kier alpha value is 0.610. The fourth-order valence-electron chi connectivity index (χ4n) is 2.54. The summed E-state index contributed by atoms with van der Waals surface area (Å²) in [6.07, 6.45) is 5.54. The molecule has 0 spiro atoms. The number of rotatable bonds is 13. The predicted molar refractivity (Wildman–Crippen MR) is 87.9 cm³/mol. The molecule has 0 saturated heterocycles. The minimum absolute atomic E-state index is 0. The Morgan fingerprint density at radius 2 is 0.538 bits per heavy atom. The molecule has 12 N–H and O–H groups in total. The molecule has 21 nitrogen and oxygen atoms in total. The van der Waals surface area contributed by atoms with Gasteiger partial charge in [-0.3, -0.25) is 0 Å². The van der Waals surface area contributed by atoms with Crippen LogP contribution in [0.1, 0.15) is 32.1 Å². The number of hydrogen-bond acceptors (Lipinski definition) is 20. The third-order valence-corrected chi connectivity index (χ3v) is 3.60. The molecule has 0 aromatic carbocycles. The first-order valence-electron chi connectivity index (χ1n) is 9.93. The maximum atomic E-state index is 8.60. The number of unbranched alkanes of at least 4 members (excludes halogenated alkanes) is 1. The number of quaternary nitrogens is 1. The van der Waals surface area contributed by atoms with E-state index in [1.165, 1.54) is 13.0 Å². The van der Waals surface area contributed by atoms with Crippen LogP contribution >= 0.6 is 0 Å². The van der Waals surface area contributed by atoms with Crippen molar-refractivity contribution in [3.8, 4) is 0 Å². The Labute approximate surface area is 239 Å². The molecule has 0 fully saturated rings. The van der Waals surface area contributed by atoms with E-state index in [2.05, 4.69) is 0 Å². The monoisotopic (exact) mass is 695 g/mol. The van der Waals surface area contributed by atoms with Gasteiger partial charge in [-0.1, -0.05) is 0 Å². The lowest BCUT2D eigenvalue weighted by Gasteiger charge is -2.39. The molecular formula is C13H38Cl5N5O16. The van der Waals surface area contributed by atoms with Crippen molar-refractivity contribution in [3.05, 3.63) is 0 Å². The standard InChI is InChI=1S/C13H34N5.4ClHO4.ClH/c14-6-1-2-10-18(11-3-7-15,12-4-8-16)13-5-9-17;4*2-1(3,4)5;/h1-17H2;4*(H,2,3,4,5);1H/q+1;;;;;/p-1. The highest BCUT2D eigenvalue weighted by Gasteiger charge is 2.25. The second-order valence-corrected chi connectivity index (χ2v) is 9.91. The molecule has 0 bridgehead atoms. The van der Waals surface area contributed by atoms with Gasteiger partial charge in [0.25, 0.3) is 0 Å². The first-order chi connectivity index (χ1) is 16.7. The first kappa shape index (κ1) is 52.3. The van der Waals surface area contributed by atoms with E-state index in [0.29, 0.717) is 0 Å². The van der Waals surface area contributed by atoms with Gasteiger partial charge in [-0.15, -0.1) is 0 Å². The molecule has 0 rings (SSSR count). The molecule has 246 valence electrons. The predicted octanol–water partition coefficient (Wildman–Crippen LogP) is -19.9. The van der Waals surface area contributed by atoms with Crippen LogP contribution in [-0.4, -0.2) is 75.5 Å². The van der Waals surface area contributed by atoms with E-state index in [4.69, 9.17) is 97.5 Å². The van der Waals surface area contributed by atoms with E-state index >= 15 is 0 Å². The first-order valence-corrected chi connectivity index (χ1v) is 15.0. The maximum Gasteiger partial charge on any atom is 0.0798 e. The van der Waals surface area contributed by atoms with Gasteiger partial charge in [0.2, 0.25) is 0 Å². The summed E-state index contributed by atoms with van der Waals surface area (Å²) in [5.41, 5.74) is 22.6. The van der Waals surface area contributed by atoms with Gasteiger partial charge in [-0.2, -0.15) is 55.9 Å². The summed E-state index contributed by atoms with van der Waals surface area (Å²) in [5, 5.41) is 0. The highest BCUT2D eigenvalue weighted by molar-refractivity contribution is 4.52. The highest BCUT2D eigenvalue weighted by atomic mass is 35.7. The van der Waals surface area contributed by atoms with Gasteiger partial charge in [0.1, 0.15) is 0 Å². The van der Waals surface area contributed by atoms with Gasteiger partial charge in [0.15, 0.2) is 0 Å². The molecule has 0 amide bonds. The zero-order valence-electron chi connectivity index (χ0n) is 20.5. The highest BCUT2D eigenvalue weighted by Crippen LogP contribution is 2.13. The lowest BCUT2D eigenvalue weighted by atomic mass is 10.1. The van der Waals surface area contributed by atoms with Crippen LogP contribution in [0.5, 0.6) is 0 Å². The van der Waals surface area contributed by atoms with Gasteiger partial charge >= 0.3 is 0 Å². The number of hydrogen-bond donors (Lipinski definition) is 8. The van der Waals surface area contributed by atoms with Crippen molar-refractivity contribution in [3.63, 3.8) is 0 Å². The van der Waals surface area contributed by atoms with E-state index < -0.39 is 41.0 Å². The Bertz CT molecular complexity index is 404. The van der Waals surface area contributed by atoms with Crippen molar-refractivity contribution in [2.24, 2.45) is 22.9 Å². The molecule has 0 radical (unpaired) electrons. The Balaban J connectivity index is -0.000000106. The smallest absolute Gasteiger partial charge is 0.0798 e. The molecule has 39 heavy (non-hydrogen) atoms. The summed E-state index contributed by atoms with van der Waals surface area (Å²) < 4.78 is 132. The SMILES string of the molecule is NCCCC[N+](CCCN)(CCCN)CCCN.[Cl-].[O-][Cl+3]([O-])([O-])O.[O-][Cl+3]([O-])([O-])O.[O-][Cl+3]([O-])([O-])O.[O-][Cl+3]([O-])([O-])O. The van der Waals surface area contributed by atoms with Crippen LogP contribution < -0.4 is 91.2 Å². The Morgan fingerprint density at radius 1 is 0.385 bits per heavy atom. The molecular weight excluding hydrogens is 659 g/mol. The molecule has 0 aliphatic carbocycles. The molecule has 0 saturated carbocycles. The Morgan fingerprint density at radius 3 is 0.692 bits per heavy atom. The second-order valence-electron chi connectivity index (χ2n) is 6.74. The third-order valence-electron chi connectivity index (χ3n) is 3.60. The van der Waals surface area contributed by atoms with Crippen molar-refractivity contribution >= 4 is 0 Å². The van der Waals surface area contributed by atoms with Crippen LogP contribution in [0.3, 0.4) is 0 Å². The molecule has 26 heteroatoms. The maximum absolute atomic E-state index is 8.60. The normalized spacial score (nSPS) is 11.7. The Kier molecular flexibility index (Phi) is 38.5.